The van der Waals surface area contributed by atoms with Crippen LogP contribution < -0.4 is 16.0 Å². The van der Waals surface area contributed by atoms with Crippen molar-refractivity contribution in [2.24, 2.45) is 12.9 Å². The Labute approximate surface area is 82.0 Å². The molecule has 0 bridgehead atoms. The second-order valence-electron chi connectivity index (χ2n) is 2.87. The minimum atomic E-state index is -0.566. The molecule has 1 amide bonds. The number of aryl methyl sites for hydroxylation is 1. The molecule has 0 fully saturated rings. The van der Waals surface area contributed by atoms with Gasteiger partial charge < -0.3 is 4.74 Å². The Kier molecular flexibility index (Phi) is 3.47. The highest BCUT2D eigenvalue weighted by Crippen LogP contribution is 2.11. The fourth-order valence-corrected chi connectivity index (χ4v) is 1.04. The van der Waals surface area contributed by atoms with Gasteiger partial charge in [-0.3, -0.25) is 14.9 Å². The van der Waals surface area contributed by atoms with Gasteiger partial charge in [-0.1, -0.05) is 6.92 Å². The smallest absolute Gasteiger partial charge is 0.274 e. The fraction of sp³-hybridized carbons (Fsp3) is 0.500. The maximum absolute atomic E-state index is 11.2. The Morgan fingerprint density at radius 1 is 1.86 bits per heavy atom. The molecule has 1 rings (SSSR count). The number of carbonyl (C=O) groups is 1. The summed E-state index contributed by atoms with van der Waals surface area (Å²) in [6.07, 6.45) is 3.22. The van der Waals surface area contributed by atoms with Crippen LogP contribution in [0.25, 0.3) is 0 Å². The predicted octanol–water partition coefficient (Wildman–Crippen LogP) is -0.433. The molecule has 6 heteroatoms. The summed E-state index contributed by atoms with van der Waals surface area (Å²) in [5, 5.41) is 3.92. The molecule has 1 aromatic heterocycles. The Hall–Kier alpha value is -1.56. The Balaban J connectivity index is 2.61. The van der Waals surface area contributed by atoms with Gasteiger partial charge in [-0.15, -0.1) is 0 Å². The average Bonchev–Trinajstić information content (AvgIpc) is 2.59. The largest absolute Gasteiger partial charge is 0.477 e. The zero-order valence-electron chi connectivity index (χ0n) is 8.23. The van der Waals surface area contributed by atoms with Gasteiger partial charge in [-0.05, 0) is 6.42 Å². The van der Waals surface area contributed by atoms with Crippen LogP contribution in [0.1, 0.15) is 13.3 Å². The molecule has 0 spiro atoms. The topological polar surface area (TPSA) is 82.2 Å². The number of hydrazine groups is 1. The van der Waals surface area contributed by atoms with Gasteiger partial charge >= 0.3 is 0 Å². The molecule has 1 heterocycles. The number of nitrogens with two attached hydrogens (primary N) is 1. The van der Waals surface area contributed by atoms with Gasteiger partial charge in [0.1, 0.15) is 0 Å². The maximum atomic E-state index is 11.2. The molecular formula is C8H14N4O2. The molecule has 1 atom stereocenters. The van der Waals surface area contributed by atoms with E-state index in [1.54, 1.807) is 24.1 Å². The first-order valence-corrected chi connectivity index (χ1v) is 4.33. The van der Waals surface area contributed by atoms with E-state index in [0.717, 1.165) is 0 Å². The molecular weight excluding hydrogens is 184 g/mol. The lowest BCUT2D eigenvalue weighted by Gasteiger charge is -2.13. The van der Waals surface area contributed by atoms with E-state index in [-0.39, 0.29) is 5.91 Å². The summed E-state index contributed by atoms with van der Waals surface area (Å²) in [7, 11) is 1.77. The maximum Gasteiger partial charge on any atom is 0.274 e. The fourth-order valence-electron chi connectivity index (χ4n) is 1.04. The number of aromatic nitrogens is 2. The second-order valence-corrected chi connectivity index (χ2v) is 2.87. The number of carbonyl (C=O) groups excluding carboxylic acids is 1. The lowest BCUT2D eigenvalue weighted by atomic mass is 10.2. The zero-order valence-corrected chi connectivity index (χ0v) is 8.23. The highest BCUT2D eigenvalue weighted by Gasteiger charge is 2.17. The van der Waals surface area contributed by atoms with Crippen molar-refractivity contribution in [3.8, 4) is 5.75 Å². The molecule has 1 aromatic rings. The predicted molar refractivity (Wildman–Crippen MR) is 50.2 cm³/mol. The van der Waals surface area contributed by atoms with Gasteiger partial charge in [0.25, 0.3) is 5.91 Å². The molecule has 1 unspecified atom stereocenters. The normalized spacial score (nSPS) is 12.2. The van der Waals surface area contributed by atoms with Crippen molar-refractivity contribution in [1.29, 1.82) is 0 Å². The third-order valence-electron chi connectivity index (χ3n) is 1.77. The van der Waals surface area contributed by atoms with Crippen LogP contribution in [-0.2, 0) is 11.8 Å². The standard InChI is InChI=1S/C8H14N4O2/c1-3-7(8(13)11-9)14-6-4-10-12(2)5-6/h4-5,7H,3,9H2,1-2H3,(H,11,13). The number of amides is 1. The molecule has 0 aliphatic carbocycles. The second kappa shape index (κ2) is 4.61. The summed E-state index contributed by atoms with van der Waals surface area (Å²) in [6, 6.07) is 0. The van der Waals surface area contributed by atoms with Gasteiger partial charge in [0, 0.05) is 7.05 Å². The van der Waals surface area contributed by atoms with Crippen LogP contribution in [0.15, 0.2) is 12.4 Å². The number of nitrogens with zero attached hydrogens (tertiary/aromatic N) is 2. The SMILES string of the molecule is CCC(Oc1cnn(C)c1)C(=O)NN. The molecule has 0 saturated heterocycles. The van der Waals surface area contributed by atoms with Gasteiger partial charge in [-0.2, -0.15) is 5.10 Å². The van der Waals surface area contributed by atoms with Crippen LogP contribution in [0.3, 0.4) is 0 Å². The van der Waals surface area contributed by atoms with E-state index in [2.05, 4.69) is 10.5 Å². The number of hydrogen-bond acceptors (Lipinski definition) is 4. The molecule has 0 saturated carbocycles. The van der Waals surface area contributed by atoms with E-state index in [9.17, 15) is 4.79 Å². The van der Waals surface area contributed by atoms with Crippen molar-refractivity contribution in [1.82, 2.24) is 15.2 Å². The van der Waals surface area contributed by atoms with Gasteiger partial charge in [0.15, 0.2) is 11.9 Å². The lowest BCUT2D eigenvalue weighted by Crippen LogP contribution is -2.41. The number of rotatable bonds is 4. The van der Waals surface area contributed by atoms with Crippen LogP contribution in [0.5, 0.6) is 5.75 Å². The van der Waals surface area contributed by atoms with E-state index in [4.69, 9.17) is 10.6 Å². The molecule has 0 aromatic carbocycles. The van der Waals surface area contributed by atoms with Crippen molar-refractivity contribution < 1.29 is 9.53 Å². The van der Waals surface area contributed by atoms with Crippen LogP contribution >= 0.6 is 0 Å². The summed E-state index contributed by atoms with van der Waals surface area (Å²) in [5.74, 6) is 5.23. The number of ether oxygens (including phenoxy) is 1. The van der Waals surface area contributed by atoms with Crippen molar-refractivity contribution in [2.75, 3.05) is 0 Å². The highest BCUT2D eigenvalue weighted by atomic mass is 16.5. The first-order chi connectivity index (χ1) is 6.67. The first-order valence-electron chi connectivity index (χ1n) is 4.33. The molecule has 0 aliphatic rings. The highest BCUT2D eigenvalue weighted by molar-refractivity contribution is 5.80. The minimum absolute atomic E-state index is 0.337. The molecule has 14 heavy (non-hydrogen) atoms. The zero-order chi connectivity index (χ0) is 10.6. The summed E-state index contributed by atoms with van der Waals surface area (Å²) in [6.45, 7) is 1.84. The third-order valence-corrected chi connectivity index (χ3v) is 1.77. The van der Waals surface area contributed by atoms with Crippen molar-refractivity contribution in [3.05, 3.63) is 12.4 Å². The van der Waals surface area contributed by atoms with E-state index in [0.29, 0.717) is 12.2 Å². The van der Waals surface area contributed by atoms with E-state index in [1.807, 2.05) is 6.92 Å². The summed E-state index contributed by atoms with van der Waals surface area (Å²) in [4.78, 5) is 11.2. The quantitative estimate of drug-likeness (QED) is 0.390. The molecule has 3 N–H and O–H groups in total. The lowest BCUT2D eigenvalue weighted by molar-refractivity contribution is -0.128. The van der Waals surface area contributed by atoms with Gasteiger partial charge in [-0.25, -0.2) is 5.84 Å². The van der Waals surface area contributed by atoms with Crippen LogP contribution in [0.4, 0.5) is 0 Å². The van der Waals surface area contributed by atoms with E-state index < -0.39 is 6.10 Å². The Bertz CT molecular complexity index is 310. The van der Waals surface area contributed by atoms with Crippen molar-refractivity contribution in [3.63, 3.8) is 0 Å². The Morgan fingerprint density at radius 2 is 2.57 bits per heavy atom. The van der Waals surface area contributed by atoms with Gasteiger partial charge in [0.05, 0.1) is 12.4 Å². The minimum Gasteiger partial charge on any atom is -0.477 e. The first kappa shape index (κ1) is 10.5. The van der Waals surface area contributed by atoms with Crippen molar-refractivity contribution in [2.45, 2.75) is 19.4 Å². The number of hydrogen-bond donors (Lipinski definition) is 2. The molecule has 0 radical (unpaired) electrons. The Morgan fingerprint density at radius 3 is 3.00 bits per heavy atom. The summed E-state index contributed by atoms with van der Waals surface area (Å²) < 4.78 is 6.96. The third kappa shape index (κ3) is 2.46. The molecule has 0 aliphatic heterocycles. The molecule has 78 valence electrons. The van der Waals surface area contributed by atoms with Crippen LogP contribution in [0.2, 0.25) is 0 Å². The van der Waals surface area contributed by atoms with Crippen molar-refractivity contribution >= 4 is 5.91 Å². The van der Waals surface area contributed by atoms with Gasteiger partial charge in [0.2, 0.25) is 0 Å². The number of nitrogens with one attached hydrogen (secondary N) is 1. The summed E-state index contributed by atoms with van der Waals surface area (Å²) >= 11 is 0. The average molecular weight is 198 g/mol. The van der Waals surface area contributed by atoms with E-state index >= 15 is 0 Å². The van der Waals surface area contributed by atoms with Crippen LogP contribution in [-0.4, -0.2) is 21.8 Å². The molecule has 6 nitrogen and oxygen atoms in total. The monoisotopic (exact) mass is 198 g/mol. The summed E-state index contributed by atoms with van der Waals surface area (Å²) in [5.41, 5.74) is 2.05. The van der Waals surface area contributed by atoms with Crippen LogP contribution in [0, 0.1) is 0 Å². The van der Waals surface area contributed by atoms with E-state index in [1.165, 1.54) is 0 Å².